The molecule has 0 saturated carbocycles. The van der Waals surface area contributed by atoms with Crippen LogP contribution in [0.1, 0.15) is 66.2 Å². The lowest BCUT2D eigenvalue weighted by atomic mass is 9.89. The largest absolute Gasteiger partial charge is 0.393 e. The summed E-state index contributed by atoms with van der Waals surface area (Å²) in [6.45, 7) is 7.93. The Labute approximate surface area is 140 Å². The summed E-state index contributed by atoms with van der Waals surface area (Å²) in [5, 5.41) is 19.9. The summed E-state index contributed by atoms with van der Waals surface area (Å²) < 4.78 is 5.91. The lowest BCUT2D eigenvalue weighted by Gasteiger charge is -2.24. The zero-order valence-corrected chi connectivity index (χ0v) is 15.1. The molecule has 2 unspecified atom stereocenters. The van der Waals surface area contributed by atoms with Gasteiger partial charge < -0.3 is 14.9 Å². The molecule has 1 aliphatic heterocycles. The van der Waals surface area contributed by atoms with Crippen molar-refractivity contribution in [2.45, 2.75) is 83.5 Å². The molecule has 3 atom stereocenters. The first-order valence-electron chi connectivity index (χ1n) is 8.80. The number of rotatable bonds is 2. The van der Waals surface area contributed by atoms with Crippen LogP contribution in [-0.4, -0.2) is 34.1 Å². The van der Waals surface area contributed by atoms with Crippen molar-refractivity contribution in [3.63, 3.8) is 0 Å². The first-order chi connectivity index (χ1) is 10.8. The molecule has 2 aliphatic rings. The molecule has 23 heavy (non-hydrogen) atoms. The summed E-state index contributed by atoms with van der Waals surface area (Å²) in [4.78, 5) is 0. The van der Waals surface area contributed by atoms with Crippen molar-refractivity contribution >= 4 is 0 Å². The third-order valence-electron chi connectivity index (χ3n) is 5.33. The van der Waals surface area contributed by atoms with Crippen molar-refractivity contribution in [1.29, 1.82) is 0 Å². The van der Waals surface area contributed by atoms with Gasteiger partial charge in [0.2, 0.25) is 0 Å². The van der Waals surface area contributed by atoms with Crippen LogP contribution >= 0.6 is 0 Å². The maximum Gasteiger partial charge on any atom is 0.106 e. The third kappa shape index (κ3) is 5.03. The van der Waals surface area contributed by atoms with Crippen LogP contribution in [0, 0.1) is 0 Å². The Bertz CT molecular complexity index is 513. The molecule has 0 amide bonds. The van der Waals surface area contributed by atoms with Gasteiger partial charge >= 0.3 is 0 Å². The fraction of sp³-hybridized carbons (Fsp3) is 0.700. The summed E-state index contributed by atoms with van der Waals surface area (Å²) in [6, 6.07) is 0. The molecule has 0 aromatic carbocycles. The Hall–Kier alpha value is -0.900. The number of epoxide rings is 1. The predicted molar refractivity (Wildman–Crippen MR) is 94.3 cm³/mol. The number of hydrogen-bond acceptors (Lipinski definition) is 3. The predicted octanol–water partition coefficient (Wildman–Crippen LogP) is 4.06. The standard InChI is InChI=1S/C20H32O3/c1-15-6-5-13-20(4)18(23-20)12-9-16(2)8-11-17(10-7-15)19(3,22)14-21/h6,8,11,18,21-22H,5,7,9-10,12-14H2,1-4H3/t18?,19?,20-/m0/s1. The van der Waals surface area contributed by atoms with Gasteiger partial charge in [0.15, 0.2) is 0 Å². The highest BCUT2D eigenvalue weighted by molar-refractivity contribution is 5.25. The normalized spacial score (nSPS) is 32.6. The van der Waals surface area contributed by atoms with Crippen LogP contribution in [0.5, 0.6) is 0 Å². The molecule has 0 spiro atoms. The van der Waals surface area contributed by atoms with E-state index < -0.39 is 5.60 Å². The van der Waals surface area contributed by atoms with Crippen molar-refractivity contribution in [2.24, 2.45) is 0 Å². The monoisotopic (exact) mass is 320 g/mol. The molecule has 1 heterocycles. The molecule has 1 fully saturated rings. The van der Waals surface area contributed by atoms with E-state index in [1.165, 1.54) is 11.1 Å². The number of aliphatic hydroxyl groups excluding tert-OH is 1. The summed E-state index contributed by atoms with van der Waals surface area (Å²) in [7, 11) is 0. The first kappa shape index (κ1) is 18.4. The van der Waals surface area contributed by atoms with Crippen LogP contribution in [0.15, 0.2) is 34.9 Å². The third-order valence-corrected chi connectivity index (χ3v) is 5.33. The molecule has 1 aliphatic carbocycles. The van der Waals surface area contributed by atoms with E-state index in [0.29, 0.717) is 6.10 Å². The Morgan fingerprint density at radius 2 is 1.96 bits per heavy atom. The van der Waals surface area contributed by atoms with Crippen molar-refractivity contribution in [3.05, 3.63) is 34.9 Å². The average molecular weight is 320 g/mol. The minimum Gasteiger partial charge on any atom is -0.393 e. The Balaban J connectivity index is 2.18. The van der Waals surface area contributed by atoms with Gasteiger partial charge in [-0.25, -0.2) is 0 Å². The molecule has 1 saturated heterocycles. The zero-order valence-electron chi connectivity index (χ0n) is 15.1. The number of allylic oxidation sites excluding steroid dienone is 5. The van der Waals surface area contributed by atoms with Crippen molar-refractivity contribution < 1.29 is 14.9 Å². The molecule has 0 aromatic rings. The molecule has 130 valence electrons. The summed E-state index contributed by atoms with van der Waals surface area (Å²) >= 11 is 0. The summed E-state index contributed by atoms with van der Waals surface area (Å²) in [5.41, 5.74) is 2.45. The van der Waals surface area contributed by atoms with Gasteiger partial charge in [-0.15, -0.1) is 0 Å². The molecule has 2 N–H and O–H groups in total. The minimum absolute atomic E-state index is 0.0722. The minimum atomic E-state index is -1.15. The fourth-order valence-electron chi connectivity index (χ4n) is 3.23. The van der Waals surface area contributed by atoms with Gasteiger partial charge in [-0.1, -0.05) is 29.4 Å². The van der Waals surface area contributed by atoms with E-state index in [2.05, 4.69) is 32.9 Å². The molecule has 3 heteroatoms. The van der Waals surface area contributed by atoms with Crippen LogP contribution < -0.4 is 0 Å². The quantitative estimate of drug-likeness (QED) is 0.596. The van der Waals surface area contributed by atoms with E-state index >= 15 is 0 Å². The first-order valence-corrected chi connectivity index (χ1v) is 8.80. The molecular formula is C20H32O3. The Morgan fingerprint density at radius 1 is 1.22 bits per heavy atom. The van der Waals surface area contributed by atoms with Gasteiger partial charge in [0.25, 0.3) is 0 Å². The number of hydrogen-bond donors (Lipinski definition) is 2. The van der Waals surface area contributed by atoms with Gasteiger partial charge in [0, 0.05) is 0 Å². The van der Waals surface area contributed by atoms with Crippen molar-refractivity contribution in [2.75, 3.05) is 6.61 Å². The lowest BCUT2D eigenvalue weighted by Crippen LogP contribution is -2.31. The highest BCUT2D eigenvalue weighted by Crippen LogP contribution is 2.43. The molecule has 0 bridgehead atoms. The van der Waals surface area contributed by atoms with E-state index in [9.17, 15) is 10.2 Å². The van der Waals surface area contributed by atoms with Gasteiger partial charge in [-0.3, -0.25) is 0 Å². The van der Waals surface area contributed by atoms with Crippen molar-refractivity contribution in [3.8, 4) is 0 Å². The van der Waals surface area contributed by atoms with Crippen LogP contribution in [0.25, 0.3) is 0 Å². The maximum atomic E-state index is 10.4. The zero-order chi connectivity index (χ0) is 17.1. The number of ether oxygens (including phenoxy) is 1. The second kappa shape index (κ2) is 7.33. The molecular weight excluding hydrogens is 288 g/mol. The van der Waals surface area contributed by atoms with E-state index in [-0.39, 0.29) is 12.2 Å². The topological polar surface area (TPSA) is 53.0 Å². The van der Waals surface area contributed by atoms with E-state index in [0.717, 1.165) is 44.1 Å². The highest BCUT2D eigenvalue weighted by Gasteiger charge is 2.50. The maximum absolute atomic E-state index is 10.4. The number of aliphatic hydroxyl groups is 2. The van der Waals surface area contributed by atoms with Crippen molar-refractivity contribution in [1.82, 2.24) is 0 Å². The second-order valence-electron chi connectivity index (χ2n) is 7.68. The Kier molecular flexibility index (Phi) is 5.88. The molecule has 3 nitrogen and oxygen atoms in total. The van der Waals surface area contributed by atoms with Gasteiger partial charge in [0.05, 0.1) is 18.3 Å². The second-order valence-corrected chi connectivity index (χ2v) is 7.68. The van der Waals surface area contributed by atoms with Gasteiger partial charge in [0.1, 0.15) is 5.60 Å². The van der Waals surface area contributed by atoms with E-state index in [4.69, 9.17) is 4.74 Å². The van der Waals surface area contributed by atoms with Gasteiger partial charge in [-0.05, 0) is 71.8 Å². The fourth-order valence-corrected chi connectivity index (χ4v) is 3.23. The average Bonchev–Trinajstić information content (AvgIpc) is 3.14. The lowest BCUT2D eigenvalue weighted by molar-refractivity contribution is 0.0307. The number of fused-ring (bicyclic) bond motifs is 1. The smallest absolute Gasteiger partial charge is 0.106 e. The summed E-state index contributed by atoms with van der Waals surface area (Å²) in [6.07, 6.45) is 12.6. The summed E-state index contributed by atoms with van der Waals surface area (Å²) in [5.74, 6) is 0. The van der Waals surface area contributed by atoms with Crippen LogP contribution in [-0.2, 0) is 4.74 Å². The SMILES string of the molecule is CC1=CCC[C@]2(C)OC2CCC(C)=CC=C(C(C)(O)CO)CC1. The van der Waals surface area contributed by atoms with Gasteiger partial charge in [-0.2, -0.15) is 0 Å². The molecule has 2 rings (SSSR count). The van der Waals surface area contributed by atoms with E-state index in [1.807, 2.05) is 6.08 Å². The Morgan fingerprint density at radius 3 is 2.65 bits per heavy atom. The molecule has 0 radical (unpaired) electrons. The highest BCUT2D eigenvalue weighted by atomic mass is 16.6. The van der Waals surface area contributed by atoms with Crippen LogP contribution in [0.3, 0.4) is 0 Å². The van der Waals surface area contributed by atoms with Crippen LogP contribution in [0.2, 0.25) is 0 Å². The molecule has 0 aromatic heterocycles. The van der Waals surface area contributed by atoms with E-state index in [1.54, 1.807) is 6.92 Å². The van der Waals surface area contributed by atoms with Crippen LogP contribution in [0.4, 0.5) is 0 Å².